The SMILES string of the molecule is Cc1nc([C@]23CN(C(=O)NC(C)C)C[C@H]2CN(C2CCOCC2)C3)n[nH]1. The highest BCUT2D eigenvalue weighted by atomic mass is 16.5. The Hall–Kier alpha value is -1.67. The summed E-state index contributed by atoms with van der Waals surface area (Å²) >= 11 is 0. The van der Waals surface area contributed by atoms with Crippen LogP contribution in [0.4, 0.5) is 4.79 Å². The normalized spacial score (nSPS) is 30.2. The van der Waals surface area contributed by atoms with E-state index in [1.165, 1.54) is 0 Å². The lowest BCUT2D eigenvalue weighted by Gasteiger charge is -2.33. The summed E-state index contributed by atoms with van der Waals surface area (Å²) in [5.74, 6) is 2.08. The average molecular weight is 362 g/mol. The fourth-order valence-electron chi connectivity index (χ4n) is 4.81. The minimum Gasteiger partial charge on any atom is -0.381 e. The number of aromatic nitrogens is 3. The molecule has 8 nitrogen and oxygen atoms in total. The number of ether oxygens (including phenoxy) is 1. The molecule has 0 spiro atoms. The van der Waals surface area contributed by atoms with Crippen LogP contribution < -0.4 is 5.32 Å². The number of carbonyl (C=O) groups is 1. The maximum atomic E-state index is 12.6. The number of nitrogens with zero attached hydrogens (tertiary/aromatic N) is 4. The van der Waals surface area contributed by atoms with Crippen molar-refractivity contribution in [2.75, 3.05) is 39.4 Å². The smallest absolute Gasteiger partial charge is 0.317 e. The van der Waals surface area contributed by atoms with E-state index >= 15 is 0 Å². The number of fused-ring (bicyclic) bond motifs is 1. The highest BCUT2D eigenvalue weighted by Crippen LogP contribution is 2.45. The van der Waals surface area contributed by atoms with E-state index in [4.69, 9.17) is 4.74 Å². The van der Waals surface area contributed by atoms with E-state index in [1.807, 2.05) is 25.7 Å². The Labute approximate surface area is 154 Å². The minimum atomic E-state index is -0.169. The van der Waals surface area contributed by atoms with E-state index in [2.05, 4.69) is 25.4 Å². The Morgan fingerprint density at radius 1 is 1.31 bits per heavy atom. The first-order valence-electron chi connectivity index (χ1n) is 9.74. The van der Waals surface area contributed by atoms with Crippen molar-refractivity contribution in [2.45, 2.75) is 51.1 Å². The second-order valence-electron chi connectivity index (χ2n) is 8.36. The van der Waals surface area contributed by atoms with Gasteiger partial charge in [-0.15, -0.1) is 0 Å². The second-order valence-corrected chi connectivity index (χ2v) is 8.36. The van der Waals surface area contributed by atoms with Crippen molar-refractivity contribution in [3.63, 3.8) is 0 Å². The van der Waals surface area contributed by atoms with Crippen LogP contribution in [-0.2, 0) is 10.2 Å². The van der Waals surface area contributed by atoms with Gasteiger partial charge in [-0.1, -0.05) is 0 Å². The summed E-state index contributed by atoms with van der Waals surface area (Å²) in [5.41, 5.74) is -0.169. The summed E-state index contributed by atoms with van der Waals surface area (Å²) in [7, 11) is 0. The molecule has 0 saturated carbocycles. The highest BCUT2D eigenvalue weighted by Gasteiger charge is 2.57. The molecule has 1 aromatic rings. The van der Waals surface area contributed by atoms with Crippen LogP contribution in [0.25, 0.3) is 0 Å². The molecule has 0 radical (unpaired) electrons. The summed E-state index contributed by atoms with van der Waals surface area (Å²) in [4.78, 5) is 21.8. The van der Waals surface area contributed by atoms with Crippen molar-refractivity contribution < 1.29 is 9.53 Å². The number of aryl methyl sites for hydroxylation is 1. The zero-order valence-corrected chi connectivity index (χ0v) is 16.0. The molecular weight excluding hydrogens is 332 g/mol. The van der Waals surface area contributed by atoms with Gasteiger partial charge in [0.15, 0.2) is 5.82 Å². The van der Waals surface area contributed by atoms with Crippen molar-refractivity contribution in [2.24, 2.45) is 5.92 Å². The Balaban J connectivity index is 1.57. The second kappa shape index (κ2) is 6.81. The number of amides is 2. The standard InChI is InChI=1S/C18H30N6O2/c1-12(2)19-17(25)24-9-14-8-23(15-4-6-26-7-5-15)10-18(14,11-24)16-20-13(3)21-22-16/h12,14-15H,4-11H2,1-3H3,(H,19,25)(H,20,21,22)/t14-,18-/m1/s1. The molecule has 0 unspecified atom stereocenters. The number of hydrogen-bond donors (Lipinski definition) is 2. The van der Waals surface area contributed by atoms with Gasteiger partial charge in [0.2, 0.25) is 0 Å². The predicted molar refractivity (Wildman–Crippen MR) is 96.9 cm³/mol. The Kier molecular flexibility index (Phi) is 4.64. The molecule has 4 rings (SSSR count). The average Bonchev–Trinajstić information content (AvgIpc) is 3.27. The first-order chi connectivity index (χ1) is 12.5. The molecule has 2 N–H and O–H groups in total. The van der Waals surface area contributed by atoms with Gasteiger partial charge in [-0.2, -0.15) is 5.10 Å². The number of H-pyrrole nitrogens is 1. The molecule has 3 fully saturated rings. The molecule has 3 saturated heterocycles. The maximum absolute atomic E-state index is 12.6. The molecule has 2 atom stereocenters. The number of rotatable bonds is 3. The molecular formula is C18H30N6O2. The first kappa shape index (κ1) is 17.7. The van der Waals surface area contributed by atoms with Gasteiger partial charge in [-0.3, -0.25) is 10.00 Å². The summed E-state index contributed by atoms with van der Waals surface area (Å²) in [6.07, 6.45) is 2.18. The van der Waals surface area contributed by atoms with Crippen molar-refractivity contribution in [3.05, 3.63) is 11.6 Å². The Bertz CT molecular complexity index is 656. The number of carbonyl (C=O) groups excluding carboxylic acids is 1. The van der Waals surface area contributed by atoms with E-state index in [0.29, 0.717) is 18.5 Å². The van der Waals surface area contributed by atoms with Crippen LogP contribution in [0.5, 0.6) is 0 Å². The summed E-state index contributed by atoms with van der Waals surface area (Å²) in [6, 6.07) is 0.742. The fourth-order valence-corrected chi connectivity index (χ4v) is 4.81. The Morgan fingerprint density at radius 2 is 2.08 bits per heavy atom. The van der Waals surface area contributed by atoms with Gasteiger partial charge in [0.05, 0.1) is 5.41 Å². The molecule has 3 aliphatic heterocycles. The molecule has 144 valence electrons. The molecule has 8 heteroatoms. The fraction of sp³-hybridized carbons (Fsp3) is 0.833. The third-order valence-corrected chi connectivity index (χ3v) is 6.08. The van der Waals surface area contributed by atoms with Crippen LogP contribution >= 0.6 is 0 Å². The molecule has 0 bridgehead atoms. The minimum absolute atomic E-state index is 0.0265. The largest absolute Gasteiger partial charge is 0.381 e. The van der Waals surface area contributed by atoms with E-state index < -0.39 is 0 Å². The maximum Gasteiger partial charge on any atom is 0.317 e. The van der Waals surface area contributed by atoms with Gasteiger partial charge >= 0.3 is 6.03 Å². The zero-order valence-electron chi connectivity index (χ0n) is 16.0. The van der Waals surface area contributed by atoms with E-state index in [9.17, 15) is 4.79 Å². The third kappa shape index (κ3) is 3.09. The molecule has 4 heterocycles. The molecule has 0 aromatic carbocycles. The molecule has 3 aliphatic rings. The van der Waals surface area contributed by atoms with Crippen LogP contribution in [0.3, 0.4) is 0 Å². The molecule has 1 aromatic heterocycles. The lowest BCUT2D eigenvalue weighted by Crippen LogP contribution is -2.47. The van der Waals surface area contributed by atoms with E-state index in [1.54, 1.807) is 0 Å². The van der Waals surface area contributed by atoms with Gasteiger partial charge < -0.3 is 15.0 Å². The molecule has 0 aliphatic carbocycles. The van der Waals surface area contributed by atoms with Crippen LogP contribution in [-0.4, -0.2) is 82.5 Å². The third-order valence-electron chi connectivity index (χ3n) is 6.08. The van der Waals surface area contributed by atoms with E-state index in [0.717, 1.165) is 57.3 Å². The summed E-state index contributed by atoms with van der Waals surface area (Å²) in [5, 5.41) is 10.6. The zero-order chi connectivity index (χ0) is 18.3. The monoisotopic (exact) mass is 362 g/mol. The molecule has 2 amide bonds. The van der Waals surface area contributed by atoms with Crippen molar-refractivity contribution in [3.8, 4) is 0 Å². The number of nitrogens with one attached hydrogen (secondary N) is 2. The van der Waals surface area contributed by atoms with Crippen molar-refractivity contribution >= 4 is 6.03 Å². The first-order valence-corrected chi connectivity index (χ1v) is 9.74. The van der Waals surface area contributed by atoms with Gasteiger partial charge in [0, 0.05) is 57.4 Å². The molecule has 26 heavy (non-hydrogen) atoms. The Morgan fingerprint density at radius 3 is 2.73 bits per heavy atom. The van der Waals surface area contributed by atoms with E-state index in [-0.39, 0.29) is 17.5 Å². The van der Waals surface area contributed by atoms with Gasteiger partial charge in [0.1, 0.15) is 5.82 Å². The summed E-state index contributed by atoms with van der Waals surface area (Å²) in [6.45, 7) is 11.0. The van der Waals surface area contributed by atoms with Crippen LogP contribution in [0.1, 0.15) is 38.3 Å². The highest BCUT2D eigenvalue weighted by molar-refractivity contribution is 5.75. The van der Waals surface area contributed by atoms with Crippen LogP contribution in [0, 0.1) is 12.8 Å². The van der Waals surface area contributed by atoms with Crippen molar-refractivity contribution in [1.29, 1.82) is 0 Å². The van der Waals surface area contributed by atoms with Crippen molar-refractivity contribution in [1.82, 2.24) is 30.3 Å². The van der Waals surface area contributed by atoms with Gasteiger partial charge in [-0.05, 0) is 33.6 Å². The lowest BCUT2D eigenvalue weighted by atomic mass is 9.80. The number of urea groups is 1. The lowest BCUT2D eigenvalue weighted by molar-refractivity contribution is 0.0382. The van der Waals surface area contributed by atoms with Gasteiger partial charge in [-0.25, -0.2) is 9.78 Å². The van der Waals surface area contributed by atoms with Crippen LogP contribution in [0.15, 0.2) is 0 Å². The quantitative estimate of drug-likeness (QED) is 0.834. The number of hydrogen-bond acceptors (Lipinski definition) is 5. The number of likely N-dealkylation sites (tertiary alicyclic amines) is 2. The predicted octanol–water partition coefficient (Wildman–Crippen LogP) is 0.895. The topological polar surface area (TPSA) is 86.4 Å². The summed E-state index contributed by atoms with van der Waals surface area (Å²) < 4.78 is 5.53. The number of aromatic amines is 1. The van der Waals surface area contributed by atoms with Gasteiger partial charge in [0.25, 0.3) is 0 Å². The van der Waals surface area contributed by atoms with Crippen LogP contribution in [0.2, 0.25) is 0 Å².